The highest BCUT2D eigenvalue weighted by Crippen LogP contribution is 2.70. The maximum Gasteiger partial charge on any atom is 0.338 e. The van der Waals surface area contributed by atoms with Gasteiger partial charge in [-0.2, -0.15) is 0 Å². The molecule has 2 saturated carbocycles. The number of carbonyl (C=O) groups excluding carboxylic acids is 2. The number of nitrogens with zero attached hydrogens (tertiary/aromatic N) is 1. The summed E-state index contributed by atoms with van der Waals surface area (Å²) in [6.45, 7) is 8.18. The van der Waals surface area contributed by atoms with E-state index >= 15 is 0 Å². The monoisotopic (exact) mass is 355 g/mol. The van der Waals surface area contributed by atoms with E-state index in [2.05, 4.69) is 18.5 Å². The number of carbonyl (C=O) groups is 2. The lowest BCUT2D eigenvalue weighted by molar-refractivity contribution is -0.140. The van der Waals surface area contributed by atoms with E-state index in [1.54, 1.807) is 24.5 Å². The molecule has 0 radical (unpaired) electrons. The second-order valence-corrected chi connectivity index (χ2v) is 8.26. The summed E-state index contributed by atoms with van der Waals surface area (Å²) in [7, 11) is 0. The normalized spacial score (nSPS) is 35.9. The van der Waals surface area contributed by atoms with Gasteiger partial charge >= 0.3 is 11.9 Å². The lowest BCUT2D eigenvalue weighted by Gasteiger charge is -2.27. The molecular weight excluding hydrogens is 330 g/mol. The van der Waals surface area contributed by atoms with Crippen molar-refractivity contribution in [3.8, 4) is 0 Å². The number of pyridine rings is 1. The van der Waals surface area contributed by atoms with Crippen LogP contribution in [0.1, 0.15) is 49.9 Å². The summed E-state index contributed by atoms with van der Waals surface area (Å²) in [5, 5.41) is 0. The zero-order valence-corrected chi connectivity index (χ0v) is 15.3. The number of rotatable bonds is 5. The maximum atomic E-state index is 12.1. The standard InChI is InChI=1S/C21H25NO4/c1-12(25-20(24)14-6-8-22-9-7-14)4-5-16-17-10-15-13(2)19(23)26-18(15)11-21(16,17)3/h6-9,12,15-18H,2,4-5,10-11H2,1,3H3/t12?,15-,16?,17+,18-,21-/m1/s1. The first-order valence-electron chi connectivity index (χ1n) is 9.41. The van der Waals surface area contributed by atoms with Crippen LogP contribution in [0, 0.1) is 23.2 Å². The molecule has 0 aromatic carbocycles. The van der Waals surface area contributed by atoms with Crippen molar-refractivity contribution < 1.29 is 19.1 Å². The first kappa shape index (κ1) is 17.3. The highest BCUT2D eigenvalue weighted by Gasteiger charge is 2.66. The molecule has 3 aliphatic rings. The molecule has 3 fully saturated rings. The Morgan fingerprint density at radius 1 is 1.46 bits per heavy atom. The number of esters is 2. The van der Waals surface area contributed by atoms with E-state index in [-0.39, 0.29) is 35.5 Å². The summed E-state index contributed by atoms with van der Waals surface area (Å²) in [4.78, 5) is 27.7. The maximum absolute atomic E-state index is 12.1. The molecule has 2 aliphatic carbocycles. The van der Waals surface area contributed by atoms with Gasteiger partial charge in [-0.05, 0) is 62.0 Å². The minimum absolute atomic E-state index is 0.0168. The fraction of sp³-hybridized carbons (Fsp3) is 0.571. The molecule has 0 spiro atoms. The average Bonchev–Trinajstić information content (AvgIpc) is 3.10. The number of fused-ring (bicyclic) bond motifs is 2. The molecule has 2 unspecified atom stereocenters. The third-order valence-corrected chi connectivity index (χ3v) is 6.74. The molecule has 5 heteroatoms. The molecule has 0 bridgehead atoms. The van der Waals surface area contributed by atoms with Crippen molar-refractivity contribution in [3.63, 3.8) is 0 Å². The molecular formula is C21H25NO4. The van der Waals surface area contributed by atoms with Crippen molar-refractivity contribution in [2.24, 2.45) is 23.2 Å². The summed E-state index contributed by atoms with van der Waals surface area (Å²) < 4.78 is 11.1. The third-order valence-electron chi connectivity index (χ3n) is 6.74. The van der Waals surface area contributed by atoms with Crippen molar-refractivity contribution in [1.29, 1.82) is 0 Å². The molecule has 5 nitrogen and oxygen atoms in total. The molecule has 1 aromatic rings. The van der Waals surface area contributed by atoms with Crippen LogP contribution in [-0.4, -0.2) is 29.1 Å². The zero-order chi connectivity index (χ0) is 18.5. The number of ether oxygens (including phenoxy) is 2. The van der Waals surface area contributed by atoms with Gasteiger partial charge in [0.05, 0.1) is 11.7 Å². The van der Waals surface area contributed by atoms with Crippen LogP contribution in [0.3, 0.4) is 0 Å². The van der Waals surface area contributed by atoms with Gasteiger partial charge in [0.1, 0.15) is 6.10 Å². The van der Waals surface area contributed by atoms with Crippen molar-refractivity contribution in [2.45, 2.75) is 51.7 Å². The van der Waals surface area contributed by atoms with Gasteiger partial charge in [-0.3, -0.25) is 4.98 Å². The summed E-state index contributed by atoms with van der Waals surface area (Å²) in [6, 6.07) is 3.33. The highest BCUT2D eigenvalue weighted by molar-refractivity contribution is 5.91. The van der Waals surface area contributed by atoms with E-state index in [9.17, 15) is 9.59 Å². The van der Waals surface area contributed by atoms with Crippen molar-refractivity contribution in [2.75, 3.05) is 0 Å². The van der Waals surface area contributed by atoms with Crippen molar-refractivity contribution >= 4 is 11.9 Å². The van der Waals surface area contributed by atoms with E-state index in [1.165, 1.54) is 0 Å². The Bertz CT molecular complexity index is 746. The topological polar surface area (TPSA) is 65.5 Å². The fourth-order valence-corrected chi connectivity index (χ4v) is 5.10. The number of hydrogen-bond acceptors (Lipinski definition) is 5. The van der Waals surface area contributed by atoms with Crippen molar-refractivity contribution in [1.82, 2.24) is 4.98 Å². The predicted molar refractivity (Wildman–Crippen MR) is 95.2 cm³/mol. The molecule has 1 saturated heterocycles. The van der Waals surface area contributed by atoms with Crippen molar-refractivity contribution in [3.05, 3.63) is 42.2 Å². The summed E-state index contributed by atoms with van der Waals surface area (Å²) in [5.41, 5.74) is 1.44. The molecule has 0 amide bonds. The largest absolute Gasteiger partial charge is 0.459 e. The second-order valence-electron chi connectivity index (χ2n) is 8.26. The molecule has 1 aliphatic heterocycles. The number of aromatic nitrogens is 1. The van der Waals surface area contributed by atoms with Gasteiger partial charge in [0.15, 0.2) is 0 Å². The van der Waals surface area contributed by atoms with Gasteiger partial charge in [-0.15, -0.1) is 0 Å². The second kappa shape index (κ2) is 6.22. The zero-order valence-electron chi connectivity index (χ0n) is 15.3. The van der Waals surface area contributed by atoms with Crippen LogP contribution in [0.4, 0.5) is 0 Å². The Hall–Kier alpha value is -2.17. The first-order chi connectivity index (χ1) is 12.4. The third kappa shape index (κ3) is 2.83. The van der Waals surface area contributed by atoms with E-state index in [1.807, 2.05) is 6.92 Å². The lowest BCUT2D eigenvalue weighted by Crippen LogP contribution is -2.26. The van der Waals surface area contributed by atoms with Crippen LogP contribution >= 0.6 is 0 Å². The lowest BCUT2D eigenvalue weighted by atomic mass is 9.79. The van der Waals surface area contributed by atoms with Crippen LogP contribution in [0.25, 0.3) is 0 Å². The summed E-state index contributed by atoms with van der Waals surface area (Å²) in [5.74, 6) is 0.933. The Kier molecular flexibility index (Phi) is 4.13. The highest BCUT2D eigenvalue weighted by atomic mass is 16.6. The van der Waals surface area contributed by atoms with Crippen LogP contribution in [0.2, 0.25) is 0 Å². The molecule has 1 aromatic heterocycles. The number of hydrogen-bond donors (Lipinski definition) is 0. The Morgan fingerprint density at radius 3 is 2.92 bits per heavy atom. The van der Waals surface area contributed by atoms with Crippen LogP contribution in [0.5, 0.6) is 0 Å². The Labute approximate surface area is 153 Å². The van der Waals surface area contributed by atoms with Crippen LogP contribution in [-0.2, 0) is 14.3 Å². The van der Waals surface area contributed by atoms with Gasteiger partial charge in [-0.25, -0.2) is 9.59 Å². The molecule has 138 valence electrons. The minimum Gasteiger partial charge on any atom is -0.459 e. The molecule has 0 N–H and O–H groups in total. The van der Waals surface area contributed by atoms with Gasteiger partial charge < -0.3 is 9.47 Å². The minimum atomic E-state index is -0.294. The molecule has 2 heterocycles. The van der Waals surface area contributed by atoms with Gasteiger partial charge in [0.25, 0.3) is 0 Å². The van der Waals surface area contributed by atoms with Gasteiger partial charge in [0.2, 0.25) is 0 Å². The fourth-order valence-electron chi connectivity index (χ4n) is 5.10. The SMILES string of the molecule is C=C1C(=O)O[C@@H]2C[C@]3(C)C(CCC(C)OC(=O)c4ccncc4)[C@@H]3C[C@H]12. The van der Waals surface area contributed by atoms with E-state index in [0.717, 1.165) is 25.7 Å². The van der Waals surface area contributed by atoms with Gasteiger partial charge in [-0.1, -0.05) is 13.5 Å². The van der Waals surface area contributed by atoms with E-state index in [4.69, 9.17) is 9.47 Å². The van der Waals surface area contributed by atoms with Crippen LogP contribution < -0.4 is 0 Å². The Balaban J connectivity index is 1.29. The quantitative estimate of drug-likeness (QED) is 0.597. The first-order valence-corrected chi connectivity index (χ1v) is 9.41. The molecule has 26 heavy (non-hydrogen) atoms. The van der Waals surface area contributed by atoms with E-state index in [0.29, 0.717) is 23.0 Å². The van der Waals surface area contributed by atoms with Crippen LogP contribution in [0.15, 0.2) is 36.7 Å². The summed E-state index contributed by atoms with van der Waals surface area (Å²) >= 11 is 0. The molecule has 4 rings (SSSR count). The summed E-state index contributed by atoms with van der Waals surface area (Å²) in [6.07, 6.45) is 6.90. The Morgan fingerprint density at radius 2 is 2.19 bits per heavy atom. The van der Waals surface area contributed by atoms with Gasteiger partial charge in [0, 0.05) is 23.9 Å². The molecule has 6 atom stereocenters. The average molecular weight is 355 g/mol. The smallest absolute Gasteiger partial charge is 0.338 e. The predicted octanol–water partition coefficient (Wildman–Crippen LogP) is 3.55. The van der Waals surface area contributed by atoms with E-state index < -0.39 is 0 Å².